The number of rotatable bonds is 19. The first-order chi connectivity index (χ1) is 13.0. The lowest BCUT2D eigenvalue weighted by molar-refractivity contribution is -0.435. The van der Waals surface area contributed by atoms with Crippen molar-refractivity contribution in [3.63, 3.8) is 0 Å². The molecular formula is C22H48N2O3. The van der Waals surface area contributed by atoms with Crippen molar-refractivity contribution in [2.75, 3.05) is 32.9 Å². The van der Waals surface area contributed by atoms with Crippen LogP contribution in [-0.4, -0.2) is 38.9 Å². The Hall–Kier alpha value is -0.200. The van der Waals surface area contributed by atoms with Crippen LogP contribution in [0, 0.1) is 11.3 Å². The van der Waals surface area contributed by atoms with Crippen molar-refractivity contribution >= 4 is 0 Å². The maximum atomic E-state index is 6.22. The van der Waals surface area contributed by atoms with E-state index in [1.165, 1.54) is 32.1 Å². The van der Waals surface area contributed by atoms with Crippen LogP contribution in [0.2, 0.25) is 0 Å². The van der Waals surface area contributed by atoms with E-state index in [0.717, 1.165) is 25.7 Å². The molecule has 5 heteroatoms. The molecule has 27 heavy (non-hydrogen) atoms. The minimum absolute atomic E-state index is 0.293. The molecule has 0 heterocycles. The summed E-state index contributed by atoms with van der Waals surface area (Å²) in [4.78, 5) is 0. The average Bonchev–Trinajstić information content (AvgIpc) is 2.65. The van der Waals surface area contributed by atoms with E-state index < -0.39 is 5.97 Å². The van der Waals surface area contributed by atoms with Crippen molar-refractivity contribution < 1.29 is 14.2 Å². The van der Waals surface area contributed by atoms with E-state index in [-0.39, 0.29) is 5.41 Å². The molecule has 2 unspecified atom stereocenters. The number of unbranched alkanes of at least 4 members (excludes halogenated alkanes) is 4. The number of ether oxygens (including phenoxy) is 3. The first-order valence-electron chi connectivity index (χ1n) is 11.3. The van der Waals surface area contributed by atoms with Crippen LogP contribution in [0.25, 0.3) is 0 Å². The van der Waals surface area contributed by atoms with E-state index in [4.69, 9.17) is 25.7 Å². The zero-order chi connectivity index (χ0) is 20.6. The van der Waals surface area contributed by atoms with Gasteiger partial charge in [0, 0.05) is 19.8 Å². The van der Waals surface area contributed by atoms with Gasteiger partial charge in [-0.15, -0.1) is 0 Å². The molecule has 0 aromatic carbocycles. The fourth-order valence-corrected chi connectivity index (χ4v) is 4.24. The number of hydrogen-bond acceptors (Lipinski definition) is 5. The highest BCUT2D eigenvalue weighted by Crippen LogP contribution is 2.49. The standard InChI is InChI=1S/C22H48N2O3/c1-6-10-11-12-13-15-20(16-19-24)21(5,17-14-18-23)22(25-7-2,26-8-3)27-9-4/h20H,6-19,23-24H2,1-5H3. The fourth-order valence-electron chi connectivity index (χ4n) is 4.24. The van der Waals surface area contributed by atoms with Gasteiger partial charge < -0.3 is 25.7 Å². The summed E-state index contributed by atoms with van der Waals surface area (Å²) in [5, 5.41) is 0. The molecule has 0 aromatic heterocycles. The summed E-state index contributed by atoms with van der Waals surface area (Å²) in [6, 6.07) is 0. The van der Waals surface area contributed by atoms with E-state index in [9.17, 15) is 0 Å². The monoisotopic (exact) mass is 388 g/mol. The Kier molecular flexibility index (Phi) is 15.6. The maximum Gasteiger partial charge on any atom is 0.288 e. The van der Waals surface area contributed by atoms with Gasteiger partial charge in [0.15, 0.2) is 0 Å². The van der Waals surface area contributed by atoms with Crippen molar-refractivity contribution in [2.45, 2.75) is 98.4 Å². The lowest BCUT2D eigenvalue weighted by atomic mass is 9.67. The van der Waals surface area contributed by atoms with Gasteiger partial charge in [-0.1, -0.05) is 46.0 Å². The van der Waals surface area contributed by atoms with Gasteiger partial charge in [-0.05, 0) is 65.5 Å². The van der Waals surface area contributed by atoms with Crippen molar-refractivity contribution in [2.24, 2.45) is 22.8 Å². The summed E-state index contributed by atoms with van der Waals surface area (Å²) in [6.45, 7) is 13.5. The van der Waals surface area contributed by atoms with Crippen LogP contribution in [0.1, 0.15) is 92.4 Å². The van der Waals surface area contributed by atoms with E-state index in [1.807, 2.05) is 20.8 Å². The van der Waals surface area contributed by atoms with Gasteiger partial charge in [0.1, 0.15) is 0 Å². The molecule has 0 aromatic rings. The van der Waals surface area contributed by atoms with Crippen LogP contribution in [-0.2, 0) is 14.2 Å². The third kappa shape index (κ3) is 8.36. The second-order valence-electron chi connectivity index (χ2n) is 7.64. The van der Waals surface area contributed by atoms with Crippen molar-refractivity contribution in [1.29, 1.82) is 0 Å². The van der Waals surface area contributed by atoms with Crippen molar-refractivity contribution in [1.82, 2.24) is 0 Å². The smallest absolute Gasteiger partial charge is 0.288 e. The average molecular weight is 389 g/mol. The van der Waals surface area contributed by atoms with Gasteiger partial charge in [-0.2, -0.15) is 0 Å². The Bertz CT molecular complexity index is 325. The molecule has 2 atom stereocenters. The predicted molar refractivity (Wildman–Crippen MR) is 115 cm³/mol. The van der Waals surface area contributed by atoms with E-state index in [2.05, 4.69) is 13.8 Å². The molecule has 0 aliphatic heterocycles. The Morgan fingerprint density at radius 3 is 1.70 bits per heavy atom. The summed E-state index contributed by atoms with van der Waals surface area (Å²) in [5.41, 5.74) is 11.6. The van der Waals surface area contributed by atoms with Crippen LogP contribution in [0.3, 0.4) is 0 Å². The second kappa shape index (κ2) is 15.7. The highest BCUT2D eigenvalue weighted by atomic mass is 16.9. The third-order valence-corrected chi connectivity index (χ3v) is 5.68. The molecular weight excluding hydrogens is 340 g/mol. The second-order valence-corrected chi connectivity index (χ2v) is 7.64. The summed E-state index contributed by atoms with van der Waals surface area (Å²) in [7, 11) is 0. The first kappa shape index (κ1) is 26.8. The van der Waals surface area contributed by atoms with Crippen LogP contribution in [0.15, 0.2) is 0 Å². The van der Waals surface area contributed by atoms with Crippen LogP contribution in [0.5, 0.6) is 0 Å². The molecule has 0 rings (SSSR count). The van der Waals surface area contributed by atoms with E-state index in [1.54, 1.807) is 0 Å². The lowest BCUT2D eigenvalue weighted by Gasteiger charge is -2.51. The molecule has 0 fully saturated rings. The summed E-state index contributed by atoms with van der Waals surface area (Å²) in [6.07, 6.45) is 10.3. The predicted octanol–water partition coefficient (Wildman–Crippen LogP) is 4.82. The Balaban J connectivity index is 5.65. The molecule has 0 radical (unpaired) electrons. The summed E-state index contributed by atoms with van der Waals surface area (Å²) >= 11 is 0. The quantitative estimate of drug-likeness (QED) is 0.245. The minimum atomic E-state index is -1.04. The zero-order valence-corrected chi connectivity index (χ0v) is 18.9. The maximum absolute atomic E-state index is 6.22. The molecule has 5 nitrogen and oxygen atoms in total. The highest BCUT2D eigenvalue weighted by Gasteiger charge is 2.55. The van der Waals surface area contributed by atoms with Gasteiger partial charge in [-0.3, -0.25) is 0 Å². The van der Waals surface area contributed by atoms with Gasteiger partial charge >= 0.3 is 0 Å². The van der Waals surface area contributed by atoms with Crippen molar-refractivity contribution in [3.8, 4) is 0 Å². The van der Waals surface area contributed by atoms with Gasteiger partial charge in [0.25, 0.3) is 5.97 Å². The van der Waals surface area contributed by atoms with Gasteiger partial charge in [-0.25, -0.2) is 0 Å². The Morgan fingerprint density at radius 2 is 1.26 bits per heavy atom. The summed E-state index contributed by atoms with van der Waals surface area (Å²) < 4.78 is 18.7. The van der Waals surface area contributed by atoms with Gasteiger partial charge in [0.2, 0.25) is 0 Å². The Morgan fingerprint density at radius 1 is 0.704 bits per heavy atom. The zero-order valence-electron chi connectivity index (χ0n) is 18.9. The van der Waals surface area contributed by atoms with Crippen LogP contribution >= 0.6 is 0 Å². The molecule has 0 saturated carbocycles. The molecule has 0 spiro atoms. The highest BCUT2D eigenvalue weighted by molar-refractivity contribution is 4.92. The molecule has 164 valence electrons. The SMILES string of the molecule is CCCCCCCC(CCN)C(C)(CCCN)C(OCC)(OCC)OCC. The Labute approximate surface area is 168 Å². The molecule has 0 aliphatic carbocycles. The molecule has 0 saturated heterocycles. The lowest BCUT2D eigenvalue weighted by Crippen LogP contribution is -2.57. The third-order valence-electron chi connectivity index (χ3n) is 5.68. The largest absolute Gasteiger partial charge is 0.330 e. The van der Waals surface area contributed by atoms with Crippen molar-refractivity contribution in [3.05, 3.63) is 0 Å². The van der Waals surface area contributed by atoms with E-state index >= 15 is 0 Å². The number of hydrogen-bond donors (Lipinski definition) is 2. The fraction of sp³-hybridized carbons (Fsp3) is 1.00. The number of nitrogens with two attached hydrogens (primary N) is 2. The normalized spacial score (nSPS) is 15.7. The van der Waals surface area contributed by atoms with Crippen LogP contribution < -0.4 is 11.5 Å². The van der Waals surface area contributed by atoms with E-state index in [0.29, 0.717) is 38.8 Å². The molecule has 4 N–H and O–H groups in total. The first-order valence-corrected chi connectivity index (χ1v) is 11.3. The summed E-state index contributed by atoms with van der Waals surface area (Å²) in [5.74, 6) is -0.663. The van der Waals surface area contributed by atoms with Crippen LogP contribution in [0.4, 0.5) is 0 Å². The van der Waals surface area contributed by atoms with Gasteiger partial charge in [0.05, 0.1) is 5.41 Å². The molecule has 0 aliphatic rings. The topological polar surface area (TPSA) is 79.7 Å². The minimum Gasteiger partial charge on any atom is -0.330 e. The molecule has 0 amide bonds. The molecule has 0 bridgehead atoms.